The first-order valence-electron chi connectivity index (χ1n) is 24.2. The zero-order valence-corrected chi connectivity index (χ0v) is 42.3. The van der Waals surface area contributed by atoms with Crippen molar-refractivity contribution in [3.63, 3.8) is 0 Å². The van der Waals surface area contributed by atoms with Gasteiger partial charge >= 0.3 is 6.09 Å². The molecule has 4 aliphatic carbocycles. The van der Waals surface area contributed by atoms with Gasteiger partial charge in [0.05, 0.1) is 29.8 Å². The third-order valence-electron chi connectivity index (χ3n) is 13.3. The van der Waals surface area contributed by atoms with Gasteiger partial charge in [0.25, 0.3) is 0 Å². The van der Waals surface area contributed by atoms with E-state index in [1.165, 1.54) is 25.7 Å². The number of aromatic hydroxyl groups is 1. The van der Waals surface area contributed by atoms with Crippen molar-refractivity contribution in [1.29, 1.82) is 0 Å². The Bertz CT molecular complexity index is 2320. The molecule has 2 aromatic heterocycles. The van der Waals surface area contributed by atoms with Gasteiger partial charge in [0.1, 0.15) is 23.1 Å². The lowest BCUT2D eigenvalue weighted by atomic mass is 9.88. The number of ether oxygens (including phenoxy) is 3. The number of aryl methyl sites for hydroxylation is 4. The molecule has 16 heteroatoms. The molecule has 6 N–H and O–H groups in total. The number of alkyl carbamates (subject to hydrolysis) is 1. The number of amides is 3. The molecule has 2 atom stereocenters. The van der Waals surface area contributed by atoms with Gasteiger partial charge < -0.3 is 41.0 Å². The van der Waals surface area contributed by atoms with Crippen molar-refractivity contribution in [3.8, 4) is 34.0 Å². The summed E-state index contributed by atoms with van der Waals surface area (Å²) in [6, 6.07) is 10.7. The molecule has 364 valence electrons. The molecular weight excluding hydrogens is 865 g/mol. The molecule has 2 aromatic carbocycles. The molecule has 0 radical (unpaired) electrons. The number of nitrogens with one attached hydrogen (secondary N) is 3. The number of nitrogens with two attached hydrogens (primary N) is 1. The van der Waals surface area contributed by atoms with Gasteiger partial charge in [0.15, 0.2) is 6.79 Å². The highest BCUT2D eigenvalue weighted by atomic mass is 28.3. The van der Waals surface area contributed by atoms with Crippen LogP contribution in [0, 0.1) is 49.4 Å². The summed E-state index contributed by atoms with van der Waals surface area (Å²) in [6.45, 7) is 17.1. The van der Waals surface area contributed by atoms with Gasteiger partial charge in [-0.05, 0) is 163 Å². The summed E-state index contributed by atoms with van der Waals surface area (Å²) >= 11 is 0. The lowest BCUT2D eigenvalue weighted by Gasteiger charge is -2.29. The Morgan fingerprint density at radius 2 is 1.27 bits per heavy atom. The molecule has 0 bridgehead atoms. The van der Waals surface area contributed by atoms with Crippen molar-refractivity contribution >= 4 is 37.4 Å². The lowest BCUT2D eigenvalue weighted by molar-refractivity contribution is -0.120. The standard InChI is InChI=1S/C31H48N4O5Si.C20H26N4O2/c1-20-18-32-35(5)28(20)24-14-13-23(17-25(24)39-19-38-15-16-41(6,7)8)33-29(36)27(34-30(37)40-31(2,3)4)26(21-9-10-21)22-11-12-22;1-11-10-22-24(2)19(11)15-8-7-14(9-16(15)25)23-20(26)18(21)17(12-3-4-12)13-5-6-13/h13-14,17-18,21-22,26-27H,9-12,15-16,19H2,1-8H3,(H,33,36)(H,34,37);7-10,12-13,17-18,25H,3-6,21H2,1-2H3,(H,23,26)/t27-;18-/m00/s1. The number of hydrogen-bond acceptors (Lipinski definition) is 10. The number of carbonyl (C=O) groups excluding carboxylic acids is 3. The number of carbonyl (C=O) groups is 3. The fourth-order valence-electron chi connectivity index (χ4n) is 9.35. The Balaban J connectivity index is 0.000000219. The number of phenols is 1. The highest BCUT2D eigenvalue weighted by Crippen LogP contribution is 2.52. The first-order valence-corrected chi connectivity index (χ1v) is 27.9. The van der Waals surface area contributed by atoms with Crippen LogP contribution in [0.4, 0.5) is 16.2 Å². The maximum absolute atomic E-state index is 13.8. The lowest BCUT2D eigenvalue weighted by Crippen LogP contribution is -2.51. The molecule has 0 unspecified atom stereocenters. The highest BCUT2D eigenvalue weighted by molar-refractivity contribution is 6.76. The molecule has 0 spiro atoms. The van der Waals surface area contributed by atoms with Crippen LogP contribution >= 0.6 is 0 Å². The third kappa shape index (κ3) is 13.5. The van der Waals surface area contributed by atoms with E-state index in [4.69, 9.17) is 19.9 Å². The van der Waals surface area contributed by atoms with Crippen LogP contribution in [0.25, 0.3) is 22.5 Å². The van der Waals surface area contributed by atoms with Crippen LogP contribution < -0.4 is 26.4 Å². The van der Waals surface area contributed by atoms with Crippen LogP contribution in [0.5, 0.6) is 11.5 Å². The number of nitrogens with zero attached hydrogens (tertiary/aromatic N) is 4. The van der Waals surface area contributed by atoms with Gasteiger partial charge in [-0.3, -0.25) is 19.0 Å². The van der Waals surface area contributed by atoms with E-state index < -0.39 is 31.9 Å². The first-order chi connectivity index (χ1) is 31.7. The van der Waals surface area contributed by atoms with E-state index in [0.717, 1.165) is 59.8 Å². The summed E-state index contributed by atoms with van der Waals surface area (Å²) in [5, 5.41) is 27.9. The quantitative estimate of drug-likeness (QED) is 0.0344. The minimum absolute atomic E-state index is 0.106. The first kappa shape index (κ1) is 49.7. The van der Waals surface area contributed by atoms with Gasteiger partial charge in [-0.25, -0.2) is 4.79 Å². The van der Waals surface area contributed by atoms with Crippen molar-refractivity contribution < 1.29 is 33.7 Å². The number of phenolic OH excluding ortho intramolecular Hbond substituents is 1. The SMILES string of the molecule is Cc1cnn(C)c1-c1ccc(NC(=O)[C@@H](N)C(C2CC2)C2CC2)cc1O.Cc1cnn(C)c1-c1ccc(NC(=O)[C@@H](NC(=O)OC(C)(C)C)C(C2CC2)C2CC2)cc1OCOCC[Si](C)(C)C. The molecule has 4 saturated carbocycles. The Labute approximate surface area is 397 Å². The van der Waals surface area contributed by atoms with E-state index >= 15 is 0 Å². The average Bonchev–Trinajstić information content (AvgIpc) is 4.02. The molecule has 4 aromatic rings. The largest absolute Gasteiger partial charge is 0.507 e. The minimum Gasteiger partial charge on any atom is -0.507 e. The normalized spacial score (nSPS) is 17.1. The van der Waals surface area contributed by atoms with E-state index in [0.29, 0.717) is 58.9 Å². The van der Waals surface area contributed by atoms with Gasteiger partial charge in [-0.15, -0.1) is 0 Å². The average molecular weight is 939 g/mol. The molecule has 3 amide bonds. The summed E-state index contributed by atoms with van der Waals surface area (Å²) in [6.07, 6.45) is 12.2. The summed E-state index contributed by atoms with van der Waals surface area (Å²) in [7, 11) is 2.52. The smallest absolute Gasteiger partial charge is 0.408 e. The monoisotopic (exact) mass is 939 g/mol. The number of rotatable bonds is 19. The molecule has 0 aliphatic heterocycles. The predicted octanol–water partition coefficient (Wildman–Crippen LogP) is 9.16. The van der Waals surface area contributed by atoms with E-state index in [2.05, 4.69) is 45.8 Å². The van der Waals surface area contributed by atoms with Crippen LogP contribution in [0.1, 0.15) is 83.3 Å². The third-order valence-corrected chi connectivity index (χ3v) is 15.0. The maximum Gasteiger partial charge on any atom is 0.408 e. The Hall–Kier alpha value is -5.19. The summed E-state index contributed by atoms with van der Waals surface area (Å²) in [5.74, 6) is 2.88. The molecule has 4 aliphatic rings. The second-order valence-electron chi connectivity index (χ2n) is 21.7. The van der Waals surface area contributed by atoms with Crippen LogP contribution in [0.2, 0.25) is 25.7 Å². The van der Waals surface area contributed by atoms with E-state index in [9.17, 15) is 19.5 Å². The Morgan fingerprint density at radius 1 is 0.776 bits per heavy atom. The van der Waals surface area contributed by atoms with Crippen LogP contribution in [-0.4, -0.2) is 81.7 Å². The molecule has 8 rings (SSSR count). The van der Waals surface area contributed by atoms with Crippen LogP contribution in [0.15, 0.2) is 48.8 Å². The molecule has 0 saturated heterocycles. The van der Waals surface area contributed by atoms with Gasteiger partial charge in [0, 0.05) is 63.4 Å². The minimum atomic E-state index is -1.21. The Kier molecular flexibility index (Phi) is 15.3. The van der Waals surface area contributed by atoms with Crippen molar-refractivity contribution in [2.24, 2.45) is 55.3 Å². The summed E-state index contributed by atoms with van der Waals surface area (Å²) in [4.78, 5) is 39.2. The Morgan fingerprint density at radius 3 is 1.75 bits per heavy atom. The fourth-order valence-corrected chi connectivity index (χ4v) is 10.1. The predicted molar refractivity (Wildman–Crippen MR) is 264 cm³/mol. The second-order valence-corrected chi connectivity index (χ2v) is 27.3. The second kappa shape index (κ2) is 20.6. The van der Waals surface area contributed by atoms with Crippen molar-refractivity contribution in [2.75, 3.05) is 24.0 Å². The number of benzene rings is 2. The van der Waals surface area contributed by atoms with Crippen molar-refractivity contribution in [2.45, 2.75) is 129 Å². The topological polar surface area (TPSA) is 197 Å². The number of anilines is 2. The fraction of sp³-hybridized carbons (Fsp3) is 0.588. The number of aromatic nitrogens is 4. The van der Waals surface area contributed by atoms with E-state index in [-0.39, 0.29) is 30.3 Å². The van der Waals surface area contributed by atoms with Crippen molar-refractivity contribution in [1.82, 2.24) is 24.9 Å². The highest BCUT2D eigenvalue weighted by Gasteiger charge is 2.49. The van der Waals surface area contributed by atoms with Crippen molar-refractivity contribution in [3.05, 3.63) is 59.9 Å². The molecular formula is C51H74N8O7Si. The summed E-state index contributed by atoms with van der Waals surface area (Å²) in [5.41, 5.74) is 12.2. The molecule has 2 heterocycles. The van der Waals surface area contributed by atoms with Crippen LogP contribution in [0.3, 0.4) is 0 Å². The van der Waals surface area contributed by atoms with Gasteiger partial charge in [-0.1, -0.05) is 19.6 Å². The molecule has 4 fully saturated rings. The molecule has 67 heavy (non-hydrogen) atoms. The zero-order chi connectivity index (χ0) is 48.4. The number of hydrogen-bond donors (Lipinski definition) is 5. The van der Waals surface area contributed by atoms with Gasteiger partial charge in [-0.2, -0.15) is 10.2 Å². The maximum atomic E-state index is 13.8. The summed E-state index contributed by atoms with van der Waals surface area (Å²) < 4.78 is 21.1. The van der Waals surface area contributed by atoms with Gasteiger partial charge in [0.2, 0.25) is 11.8 Å². The van der Waals surface area contributed by atoms with E-state index in [1.807, 2.05) is 77.8 Å². The zero-order valence-electron chi connectivity index (χ0n) is 41.3. The molecule has 15 nitrogen and oxygen atoms in total. The van der Waals surface area contributed by atoms with Crippen LogP contribution in [-0.2, 0) is 33.2 Å². The van der Waals surface area contributed by atoms with E-state index in [1.54, 1.807) is 29.1 Å².